The average Bonchev–Trinajstić information content (AvgIpc) is 3.19. The Morgan fingerprint density at radius 1 is 1.03 bits per heavy atom. The number of halogens is 2. The van der Waals surface area contributed by atoms with Crippen LogP contribution in [0.15, 0.2) is 66.9 Å². The number of carbonyl (C=O) groups is 1. The van der Waals surface area contributed by atoms with E-state index >= 15 is 0 Å². The molecule has 0 aliphatic heterocycles. The van der Waals surface area contributed by atoms with Gasteiger partial charge in [-0.05, 0) is 65.3 Å². The molecule has 4 aromatic rings. The van der Waals surface area contributed by atoms with E-state index in [0.717, 1.165) is 27.6 Å². The molecule has 4 rings (SSSR count). The maximum atomic E-state index is 14.2. The van der Waals surface area contributed by atoms with Crippen molar-refractivity contribution < 1.29 is 23.4 Å². The number of carboxylic acid groups (broad SMARTS) is 1. The summed E-state index contributed by atoms with van der Waals surface area (Å²) in [6.45, 7) is 4.30. The number of hydrogen-bond acceptors (Lipinski definition) is 2. The zero-order chi connectivity index (χ0) is 23.5. The predicted octanol–water partition coefficient (Wildman–Crippen LogP) is 6.43. The van der Waals surface area contributed by atoms with Crippen LogP contribution in [0.4, 0.5) is 8.78 Å². The summed E-state index contributed by atoms with van der Waals surface area (Å²) in [5.41, 5.74) is 3.85. The summed E-state index contributed by atoms with van der Waals surface area (Å²) >= 11 is 0. The summed E-state index contributed by atoms with van der Waals surface area (Å²) in [5.74, 6) is -1.33. The van der Waals surface area contributed by atoms with Crippen LogP contribution in [0.1, 0.15) is 41.5 Å². The van der Waals surface area contributed by atoms with Crippen LogP contribution in [0.3, 0.4) is 0 Å². The molecule has 0 radical (unpaired) electrons. The number of nitrogens with zero attached hydrogens (tertiary/aromatic N) is 1. The van der Waals surface area contributed by atoms with Crippen LogP contribution in [0.2, 0.25) is 0 Å². The average molecular weight is 449 g/mol. The van der Waals surface area contributed by atoms with Crippen LogP contribution in [-0.4, -0.2) is 15.6 Å². The van der Waals surface area contributed by atoms with Gasteiger partial charge in [-0.1, -0.05) is 37.3 Å². The third kappa shape index (κ3) is 4.90. The highest BCUT2D eigenvalue weighted by Gasteiger charge is 2.14. The molecule has 0 aliphatic rings. The molecule has 4 nitrogen and oxygen atoms in total. The van der Waals surface area contributed by atoms with E-state index in [0.29, 0.717) is 12.4 Å². The van der Waals surface area contributed by atoms with Crippen molar-refractivity contribution in [2.45, 2.75) is 39.3 Å². The molecule has 0 spiro atoms. The lowest BCUT2D eigenvalue weighted by Crippen LogP contribution is -2.06. The first-order chi connectivity index (χ1) is 15.8. The number of hydrogen-bond donors (Lipinski definition) is 1. The topological polar surface area (TPSA) is 51.5 Å². The number of carboxylic acids is 1. The van der Waals surface area contributed by atoms with E-state index in [1.54, 1.807) is 0 Å². The van der Waals surface area contributed by atoms with Gasteiger partial charge in [0.15, 0.2) is 0 Å². The van der Waals surface area contributed by atoms with Gasteiger partial charge >= 0.3 is 5.97 Å². The fourth-order valence-corrected chi connectivity index (χ4v) is 4.10. The van der Waals surface area contributed by atoms with E-state index in [1.165, 1.54) is 18.2 Å². The van der Waals surface area contributed by atoms with Crippen molar-refractivity contribution >= 4 is 16.9 Å². The van der Waals surface area contributed by atoms with Crippen molar-refractivity contribution in [1.82, 2.24) is 4.57 Å². The number of aryl methyl sites for hydroxylation is 1. The first-order valence-corrected chi connectivity index (χ1v) is 10.8. The second kappa shape index (κ2) is 9.45. The molecular weight excluding hydrogens is 424 g/mol. The van der Waals surface area contributed by atoms with Crippen molar-refractivity contribution in [3.8, 4) is 5.75 Å². The van der Waals surface area contributed by atoms with E-state index in [9.17, 15) is 13.6 Å². The third-order valence-corrected chi connectivity index (χ3v) is 6.01. The molecule has 0 amide bonds. The Morgan fingerprint density at radius 2 is 1.73 bits per heavy atom. The van der Waals surface area contributed by atoms with Crippen LogP contribution < -0.4 is 4.74 Å². The van der Waals surface area contributed by atoms with E-state index < -0.39 is 17.6 Å². The van der Waals surface area contributed by atoms with Crippen LogP contribution in [0.25, 0.3) is 10.9 Å². The van der Waals surface area contributed by atoms with Crippen molar-refractivity contribution in [2.24, 2.45) is 0 Å². The van der Waals surface area contributed by atoms with E-state index in [-0.39, 0.29) is 24.4 Å². The molecule has 6 heteroatoms. The van der Waals surface area contributed by atoms with Gasteiger partial charge in [-0.15, -0.1) is 0 Å². The van der Waals surface area contributed by atoms with E-state index in [1.807, 2.05) is 67.1 Å². The summed E-state index contributed by atoms with van der Waals surface area (Å²) < 4.78 is 36.2. The maximum Gasteiger partial charge on any atom is 0.303 e. The van der Waals surface area contributed by atoms with Crippen LogP contribution in [0, 0.1) is 18.6 Å². The second-order valence-corrected chi connectivity index (χ2v) is 8.29. The molecule has 170 valence electrons. The molecule has 1 unspecified atom stereocenters. The van der Waals surface area contributed by atoms with Crippen LogP contribution in [-0.2, 0) is 17.9 Å². The standard InChI is InChI=1S/C27H25F2NO3/c1-17(14-26(31)32)19-8-10-22(11-9-19)33-16-21-7-6-20-12-13-30(27(20)18(21)2)15-23-24(28)4-3-5-25(23)29/h3-13,17H,14-16H2,1-2H3,(H,31,32). The normalized spacial score (nSPS) is 12.1. The molecule has 0 saturated heterocycles. The van der Waals surface area contributed by atoms with E-state index in [2.05, 4.69) is 0 Å². The number of aromatic nitrogens is 1. The molecule has 33 heavy (non-hydrogen) atoms. The first kappa shape index (κ1) is 22.5. The van der Waals surface area contributed by atoms with Crippen molar-refractivity contribution in [2.75, 3.05) is 0 Å². The smallest absolute Gasteiger partial charge is 0.303 e. The Bertz CT molecular complexity index is 1270. The Labute approximate surface area is 191 Å². The van der Waals surface area contributed by atoms with Gasteiger partial charge in [-0.2, -0.15) is 0 Å². The lowest BCUT2D eigenvalue weighted by Gasteiger charge is -2.14. The van der Waals surface area contributed by atoms with Gasteiger partial charge in [0.1, 0.15) is 24.0 Å². The fraction of sp³-hybridized carbons (Fsp3) is 0.222. The van der Waals surface area contributed by atoms with Crippen molar-refractivity contribution in [1.29, 1.82) is 0 Å². The summed E-state index contributed by atoms with van der Waals surface area (Å²) in [5, 5.41) is 9.95. The first-order valence-electron chi connectivity index (χ1n) is 10.8. The van der Waals surface area contributed by atoms with Crippen molar-refractivity contribution in [3.05, 3.63) is 101 Å². The Hall–Kier alpha value is -3.67. The molecule has 0 saturated carbocycles. The maximum absolute atomic E-state index is 14.2. The fourth-order valence-electron chi connectivity index (χ4n) is 4.10. The zero-order valence-electron chi connectivity index (χ0n) is 18.5. The van der Waals surface area contributed by atoms with Gasteiger partial charge in [-0.25, -0.2) is 8.78 Å². The lowest BCUT2D eigenvalue weighted by molar-refractivity contribution is -0.137. The highest BCUT2D eigenvalue weighted by Crippen LogP contribution is 2.27. The van der Waals surface area contributed by atoms with E-state index in [4.69, 9.17) is 9.84 Å². The monoisotopic (exact) mass is 449 g/mol. The molecular formula is C27H25F2NO3. The predicted molar refractivity (Wildman–Crippen MR) is 124 cm³/mol. The van der Waals surface area contributed by atoms with Crippen molar-refractivity contribution in [3.63, 3.8) is 0 Å². The van der Waals surface area contributed by atoms with Gasteiger partial charge < -0.3 is 14.4 Å². The summed E-state index contributed by atoms with van der Waals surface area (Å²) in [4.78, 5) is 10.9. The second-order valence-electron chi connectivity index (χ2n) is 8.29. The summed E-state index contributed by atoms with van der Waals surface area (Å²) in [6.07, 6.45) is 1.92. The molecule has 1 heterocycles. The minimum absolute atomic E-state index is 0.0354. The van der Waals surface area contributed by atoms with Gasteiger partial charge in [0.2, 0.25) is 0 Å². The van der Waals surface area contributed by atoms with Gasteiger partial charge in [0.25, 0.3) is 0 Å². The number of rotatable bonds is 8. The largest absolute Gasteiger partial charge is 0.489 e. The number of aliphatic carboxylic acids is 1. The Balaban J connectivity index is 1.53. The number of benzene rings is 3. The van der Waals surface area contributed by atoms with Gasteiger partial charge in [0.05, 0.1) is 18.5 Å². The Morgan fingerprint density at radius 3 is 2.39 bits per heavy atom. The van der Waals surface area contributed by atoms with Crippen LogP contribution >= 0.6 is 0 Å². The molecule has 0 fully saturated rings. The molecule has 0 aliphatic carbocycles. The molecule has 3 aromatic carbocycles. The minimum Gasteiger partial charge on any atom is -0.489 e. The minimum atomic E-state index is -0.823. The number of ether oxygens (including phenoxy) is 1. The van der Waals surface area contributed by atoms with Gasteiger partial charge in [-0.3, -0.25) is 4.79 Å². The molecule has 1 N–H and O–H groups in total. The van der Waals surface area contributed by atoms with Crippen LogP contribution in [0.5, 0.6) is 5.75 Å². The molecule has 1 atom stereocenters. The lowest BCUT2D eigenvalue weighted by atomic mass is 9.98. The van der Waals surface area contributed by atoms with Gasteiger partial charge in [0, 0.05) is 11.8 Å². The molecule has 1 aromatic heterocycles. The SMILES string of the molecule is Cc1c(COc2ccc(C(C)CC(=O)O)cc2)ccc2ccn(Cc3c(F)cccc3F)c12. The number of fused-ring (bicyclic) bond motifs is 1. The third-order valence-electron chi connectivity index (χ3n) is 6.01. The Kier molecular flexibility index (Phi) is 6.45. The molecule has 0 bridgehead atoms. The highest BCUT2D eigenvalue weighted by atomic mass is 19.1. The highest BCUT2D eigenvalue weighted by molar-refractivity contribution is 5.84. The quantitative estimate of drug-likeness (QED) is 0.337. The summed E-state index contributed by atoms with van der Waals surface area (Å²) in [6, 6.07) is 17.2. The zero-order valence-corrected chi connectivity index (χ0v) is 18.5. The summed E-state index contributed by atoms with van der Waals surface area (Å²) in [7, 11) is 0.